The molecule has 9 heteroatoms. The quantitative estimate of drug-likeness (QED) is 0.713. The van der Waals surface area contributed by atoms with E-state index >= 15 is 0 Å². The minimum Gasteiger partial charge on any atom is -0.360 e. The maximum atomic E-state index is 13.2. The summed E-state index contributed by atoms with van der Waals surface area (Å²) in [6, 6.07) is 12.2. The van der Waals surface area contributed by atoms with Gasteiger partial charge in [0.25, 0.3) is 15.9 Å². The zero-order valence-electron chi connectivity index (χ0n) is 13.6. The molecule has 0 radical (unpaired) electrons. The predicted molar refractivity (Wildman–Crippen MR) is 92.8 cm³/mol. The normalized spacial score (nSPS) is 11.2. The van der Waals surface area contributed by atoms with E-state index < -0.39 is 21.7 Å². The van der Waals surface area contributed by atoms with Crippen LogP contribution in [-0.2, 0) is 10.0 Å². The maximum absolute atomic E-state index is 13.2. The first kappa shape index (κ1) is 17.6. The molecule has 0 fully saturated rings. The Morgan fingerprint density at radius 3 is 2.46 bits per heavy atom. The third-order valence-corrected chi connectivity index (χ3v) is 4.75. The van der Waals surface area contributed by atoms with Gasteiger partial charge in [-0.1, -0.05) is 11.2 Å². The number of sulfonamides is 1. The molecule has 0 atom stereocenters. The second kappa shape index (κ2) is 6.96. The summed E-state index contributed by atoms with van der Waals surface area (Å²) in [5, 5.41) is 6.14. The summed E-state index contributed by atoms with van der Waals surface area (Å²) in [5.74, 6) is -0.478. The number of anilines is 2. The van der Waals surface area contributed by atoms with Gasteiger partial charge in [-0.05, 0) is 49.4 Å². The highest BCUT2D eigenvalue weighted by Crippen LogP contribution is 2.18. The number of aryl methyl sites for hydroxylation is 1. The molecule has 0 saturated carbocycles. The molecule has 26 heavy (non-hydrogen) atoms. The summed E-state index contributed by atoms with van der Waals surface area (Å²) in [6.07, 6.45) is 0. The molecule has 1 aromatic heterocycles. The number of hydrogen-bond donors (Lipinski definition) is 2. The predicted octanol–water partition coefficient (Wildman–Crippen LogP) is 3.18. The van der Waals surface area contributed by atoms with E-state index in [2.05, 4.69) is 15.2 Å². The van der Waals surface area contributed by atoms with Crippen LogP contribution in [0.1, 0.15) is 16.1 Å². The number of carbonyl (C=O) groups is 1. The highest BCUT2D eigenvalue weighted by atomic mass is 32.2. The molecule has 1 heterocycles. The van der Waals surface area contributed by atoms with E-state index in [4.69, 9.17) is 4.52 Å². The Labute approximate surface area is 148 Å². The van der Waals surface area contributed by atoms with Crippen molar-refractivity contribution >= 4 is 27.4 Å². The lowest BCUT2D eigenvalue weighted by Crippen LogP contribution is -2.14. The number of aromatic nitrogens is 1. The molecule has 3 aromatic rings. The molecule has 0 aliphatic carbocycles. The lowest BCUT2D eigenvalue weighted by molar-refractivity contribution is 0.102. The zero-order valence-corrected chi connectivity index (χ0v) is 14.4. The van der Waals surface area contributed by atoms with Crippen LogP contribution in [0.4, 0.5) is 15.9 Å². The van der Waals surface area contributed by atoms with Crippen molar-refractivity contribution in [2.45, 2.75) is 11.8 Å². The molecule has 0 aliphatic rings. The van der Waals surface area contributed by atoms with Crippen LogP contribution in [0.3, 0.4) is 0 Å². The second-order valence-corrected chi connectivity index (χ2v) is 7.10. The molecule has 1 amide bonds. The fourth-order valence-electron chi connectivity index (χ4n) is 2.16. The van der Waals surface area contributed by atoms with Gasteiger partial charge in [-0.2, -0.15) is 0 Å². The Morgan fingerprint density at radius 2 is 1.85 bits per heavy atom. The minimum atomic E-state index is -3.84. The topological polar surface area (TPSA) is 101 Å². The van der Waals surface area contributed by atoms with Gasteiger partial charge in [0.1, 0.15) is 11.6 Å². The van der Waals surface area contributed by atoms with Crippen LogP contribution < -0.4 is 10.0 Å². The standard InChI is InChI=1S/C17H14FN3O4S/c1-11-9-16(20-25-11)21-26(23,24)15-7-5-14(6-8-15)19-17(22)12-3-2-4-13(18)10-12/h2-10H,1H3,(H,19,22)(H,20,21). The van der Waals surface area contributed by atoms with Crippen molar-refractivity contribution in [2.24, 2.45) is 0 Å². The molecule has 0 aliphatic heterocycles. The first-order chi connectivity index (χ1) is 12.3. The monoisotopic (exact) mass is 375 g/mol. The van der Waals surface area contributed by atoms with E-state index in [9.17, 15) is 17.6 Å². The smallest absolute Gasteiger partial charge is 0.263 e. The van der Waals surface area contributed by atoms with Crippen LogP contribution in [0.5, 0.6) is 0 Å². The van der Waals surface area contributed by atoms with Crippen LogP contribution in [0.15, 0.2) is 64.0 Å². The Balaban J connectivity index is 1.72. The third-order valence-electron chi connectivity index (χ3n) is 3.38. The molecule has 0 saturated heterocycles. The Bertz CT molecular complexity index is 1050. The molecule has 0 spiro atoms. The van der Waals surface area contributed by atoms with Gasteiger partial charge in [-0.15, -0.1) is 0 Å². The third kappa shape index (κ3) is 4.06. The van der Waals surface area contributed by atoms with E-state index in [0.29, 0.717) is 11.4 Å². The largest absolute Gasteiger partial charge is 0.360 e. The van der Waals surface area contributed by atoms with Gasteiger partial charge in [0, 0.05) is 17.3 Å². The molecule has 3 rings (SSSR count). The first-order valence-electron chi connectivity index (χ1n) is 7.47. The van der Waals surface area contributed by atoms with Gasteiger partial charge in [0.15, 0.2) is 5.82 Å². The Hall–Kier alpha value is -3.20. The summed E-state index contributed by atoms with van der Waals surface area (Å²) < 4.78 is 44.8. The lowest BCUT2D eigenvalue weighted by Gasteiger charge is -2.08. The number of nitrogens with zero attached hydrogens (tertiary/aromatic N) is 1. The molecule has 2 N–H and O–H groups in total. The van der Waals surface area contributed by atoms with Gasteiger partial charge in [0.05, 0.1) is 4.90 Å². The van der Waals surface area contributed by atoms with Crippen LogP contribution in [0.2, 0.25) is 0 Å². The number of rotatable bonds is 5. The highest BCUT2D eigenvalue weighted by molar-refractivity contribution is 7.92. The van der Waals surface area contributed by atoms with E-state index in [0.717, 1.165) is 6.07 Å². The highest BCUT2D eigenvalue weighted by Gasteiger charge is 2.16. The van der Waals surface area contributed by atoms with Crippen molar-refractivity contribution in [2.75, 3.05) is 10.0 Å². The number of nitrogens with one attached hydrogen (secondary N) is 2. The van der Waals surface area contributed by atoms with Crippen molar-refractivity contribution in [1.29, 1.82) is 0 Å². The van der Waals surface area contributed by atoms with Crippen molar-refractivity contribution in [1.82, 2.24) is 5.16 Å². The van der Waals surface area contributed by atoms with E-state index in [1.807, 2.05) is 0 Å². The fourth-order valence-corrected chi connectivity index (χ4v) is 3.15. The number of hydrogen-bond acceptors (Lipinski definition) is 5. The van der Waals surface area contributed by atoms with Crippen LogP contribution in [-0.4, -0.2) is 19.5 Å². The summed E-state index contributed by atoms with van der Waals surface area (Å²) >= 11 is 0. The SMILES string of the molecule is Cc1cc(NS(=O)(=O)c2ccc(NC(=O)c3cccc(F)c3)cc2)no1. The molecule has 0 unspecified atom stereocenters. The fraction of sp³-hybridized carbons (Fsp3) is 0.0588. The van der Waals surface area contributed by atoms with E-state index in [1.165, 1.54) is 48.5 Å². The Kier molecular flexibility index (Phi) is 4.72. The molecule has 7 nitrogen and oxygen atoms in total. The summed E-state index contributed by atoms with van der Waals surface area (Å²) in [5.41, 5.74) is 0.528. The first-order valence-corrected chi connectivity index (χ1v) is 8.95. The molecule has 2 aromatic carbocycles. The van der Waals surface area contributed by atoms with Gasteiger partial charge >= 0.3 is 0 Å². The maximum Gasteiger partial charge on any atom is 0.263 e. The molecule has 134 valence electrons. The molecule has 0 bridgehead atoms. The van der Waals surface area contributed by atoms with Crippen LogP contribution in [0.25, 0.3) is 0 Å². The number of halogens is 1. The van der Waals surface area contributed by atoms with Crippen molar-refractivity contribution in [3.8, 4) is 0 Å². The van der Waals surface area contributed by atoms with Crippen LogP contribution >= 0.6 is 0 Å². The molecular formula is C17H14FN3O4S. The lowest BCUT2D eigenvalue weighted by atomic mass is 10.2. The second-order valence-electron chi connectivity index (χ2n) is 5.42. The van der Waals surface area contributed by atoms with Crippen molar-refractivity contribution in [3.63, 3.8) is 0 Å². The van der Waals surface area contributed by atoms with Crippen molar-refractivity contribution < 1.29 is 22.1 Å². The van der Waals surface area contributed by atoms with Gasteiger partial charge in [-0.25, -0.2) is 12.8 Å². The number of carbonyl (C=O) groups excluding carboxylic acids is 1. The number of amides is 1. The summed E-state index contributed by atoms with van der Waals surface area (Å²) in [7, 11) is -3.84. The zero-order chi connectivity index (χ0) is 18.7. The van der Waals surface area contributed by atoms with Gasteiger partial charge < -0.3 is 9.84 Å². The van der Waals surface area contributed by atoms with E-state index in [1.54, 1.807) is 6.92 Å². The summed E-state index contributed by atoms with van der Waals surface area (Å²) in [4.78, 5) is 12.1. The molecular weight excluding hydrogens is 361 g/mol. The van der Waals surface area contributed by atoms with Crippen LogP contribution in [0, 0.1) is 12.7 Å². The van der Waals surface area contributed by atoms with E-state index in [-0.39, 0.29) is 16.3 Å². The average molecular weight is 375 g/mol. The van der Waals surface area contributed by atoms with Crippen molar-refractivity contribution in [3.05, 3.63) is 71.7 Å². The summed E-state index contributed by atoms with van der Waals surface area (Å²) in [6.45, 7) is 1.64. The minimum absolute atomic E-state index is 0.0121. The Morgan fingerprint density at radius 1 is 1.12 bits per heavy atom. The van der Waals surface area contributed by atoms with Gasteiger partial charge in [0.2, 0.25) is 0 Å². The van der Waals surface area contributed by atoms with Gasteiger partial charge in [-0.3, -0.25) is 9.52 Å². The number of benzene rings is 2. The average Bonchev–Trinajstić information content (AvgIpc) is 2.99.